The molecule has 0 fully saturated rings. The van der Waals surface area contributed by atoms with Crippen LogP contribution in [0.3, 0.4) is 0 Å². The average Bonchev–Trinajstić information content (AvgIpc) is 2.80. The highest BCUT2D eigenvalue weighted by Crippen LogP contribution is 2.13. The van der Waals surface area contributed by atoms with Gasteiger partial charge in [0.25, 0.3) is 0 Å². The van der Waals surface area contributed by atoms with Crippen molar-refractivity contribution < 1.29 is 4.74 Å². The zero-order chi connectivity index (χ0) is 12.8. The van der Waals surface area contributed by atoms with Crippen LogP contribution in [0.5, 0.6) is 5.75 Å². The quantitative estimate of drug-likeness (QED) is 0.805. The molecule has 0 aliphatic rings. The molecular formula is C13H14N4O. The molecule has 2 aromatic rings. The van der Waals surface area contributed by atoms with E-state index in [4.69, 9.17) is 10.00 Å². The van der Waals surface area contributed by atoms with Gasteiger partial charge in [-0.25, -0.2) is 4.68 Å². The molecule has 0 aliphatic carbocycles. The Balaban J connectivity index is 2.13. The van der Waals surface area contributed by atoms with Crippen LogP contribution < -0.4 is 4.74 Å². The van der Waals surface area contributed by atoms with Crippen molar-refractivity contribution in [2.45, 2.75) is 26.5 Å². The van der Waals surface area contributed by atoms with Crippen LogP contribution in [0.25, 0.3) is 0 Å². The number of hydrogen-bond acceptors (Lipinski definition) is 4. The first-order valence-corrected chi connectivity index (χ1v) is 5.85. The van der Waals surface area contributed by atoms with Crippen LogP contribution >= 0.6 is 0 Å². The number of nitrogens with zero attached hydrogens (tertiary/aromatic N) is 4. The summed E-state index contributed by atoms with van der Waals surface area (Å²) in [6.45, 7) is 3.09. The van der Waals surface area contributed by atoms with E-state index in [2.05, 4.69) is 17.2 Å². The number of para-hydroxylation sites is 1. The lowest BCUT2D eigenvalue weighted by molar-refractivity contribution is 0.291. The number of hydrogen-bond donors (Lipinski definition) is 0. The maximum absolute atomic E-state index is 8.98. The Labute approximate surface area is 106 Å². The molecule has 0 unspecified atom stereocenters. The second kappa shape index (κ2) is 5.82. The van der Waals surface area contributed by atoms with Gasteiger partial charge in [-0.15, -0.1) is 5.10 Å². The molecule has 0 spiro atoms. The molecule has 92 valence electrons. The molecule has 0 amide bonds. The van der Waals surface area contributed by atoms with E-state index in [9.17, 15) is 0 Å². The average molecular weight is 242 g/mol. The molecule has 0 saturated heterocycles. The van der Waals surface area contributed by atoms with Crippen molar-refractivity contribution in [3.05, 3.63) is 41.7 Å². The third-order valence-electron chi connectivity index (χ3n) is 2.50. The zero-order valence-electron chi connectivity index (χ0n) is 10.2. The molecule has 2 rings (SSSR count). The predicted molar refractivity (Wildman–Crippen MR) is 65.8 cm³/mol. The highest BCUT2D eigenvalue weighted by atomic mass is 16.5. The number of nitriles is 1. The standard InChI is InChI=1S/C13H14N4O/c1-2-8-17-13(12(9-14)15-16-17)10-18-11-6-4-3-5-7-11/h3-7H,2,8,10H2,1H3. The monoisotopic (exact) mass is 242 g/mol. The maximum atomic E-state index is 8.98. The van der Waals surface area contributed by atoms with Crippen LogP contribution in [0, 0.1) is 11.3 Å². The summed E-state index contributed by atoms with van der Waals surface area (Å²) in [5, 5.41) is 16.8. The third kappa shape index (κ3) is 2.66. The van der Waals surface area contributed by atoms with Crippen molar-refractivity contribution in [2.75, 3.05) is 0 Å². The molecule has 5 nitrogen and oxygen atoms in total. The maximum Gasteiger partial charge on any atom is 0.189 e. The van der Waals surface area contributed by atoms with E-state index < -0.39 is 0 Å². The summed E-state index contributed by atoms with van der Waals surface area (Å²) >= 11 is 0. The first-order chi connectivity index (χ1) is 8.85. The number of rotatable bonds is 5. The number of ether oxygens (including phenoxy) is 1. The van der Waals surface area contributed by atoms with Crippen molar-refractivity contribution in [2.24, 2.45) is 0 Å². The Morgan fingerprint density at radius 3 is 2.78 bits per heavy atom. The van der Waals surface area contributed by atoms with Gasteiger partial charge in [0.15, 0.2) is 5.69 Å². The molecule has 0 atom stereocenters. The second-order valence-electron chi connectivity index (χ2n) is 3.82. The van der Waals surface area contributed by atoms with Crippen LogP contribution in [-0.4, -0.2) is 15.0 Å². The molecule has 0 N–H and O–H groups in total. The van der Waals surface area contributed by atoms with Gasteiger partial charge in [-0.1, -0.05) is 30.3 Å². The van der Waals surface area contributed by atoms with Crippen molar-refractivity contribution in [3.8, 4) is 11.8 Å². The molecule has 1 heterocycles. The minimum absolute atomic E-state index is 0.305. The van der Waals surface area contributed by atoms with Crippen LogP contribution in [0.1, 0.15) is 24.7 Å². The van der Waals surface area contributed by atoms with Gasteiger partial charge in [-0.2, -0.15) is 5.26 Å². The second-order valence-corrected chi connectivity index (χ2v) is 3.82. The fourth-order valence-corrected chi connectivity index (χ4v) is 1.62. The molecular weight excluding hydrogens is 228 g/mol. The van der Waals surface area contributed by atoms with Crippen molar-refractivity contribution in [1.82, 2.24) is 15.0 Å². The van der Waals surface area contributed by atoms with Gasteiger partial charge >= 0.3 is 0 Å². The van der Waals surface area contributed by atoms with Crippen LogP contribution in [0.15, 0.2) is 30.3 Å². The zero-order valence-corrected chi connectivity index (χ0v) is 10.2. The van der Waals surface area contributed by atoms with Gasteiger partial charge in [0.05, 0.1) is 0 Å². The Bertz CT molecular complexity index is 542. The lowest BCUT2D eigenvalue weighted by Crippen LogP contribution is -2.08. The lowest BCUT2D eigenvalue weighted by Gasteiger charge is -2.07. The summed E-state index contributed by atoms with van der Waals surface area (Å²) in [6.07, 6.45) is 0.937. The van der Waals surface area contributed by atoms with Gasteiger partial charge in [0.1, 0.15) is 24.1 Å². The van der Waals surface area contributed by atoms with E-state index in [0.717, 1.165) is 24.4 Å². The molecule has 0 bridgehead atoms. The lowest BCUT2D eigenvalue weighted by atomic mass is 10.3. The first-order valence-electron chi connectivity index (χ1n) is 5.85. The van der Waals surface area contributed by atoms with Crippen molar-refractivity contribution in [3.63, 3.8) is 0 Å². The van der Waals surface area contributed by atoms with Gasteiger partial charge in [-0.05, 0) is 18.6 Å². The van der Waals surface area contributed by atoms with Crippen LogP contribution in [-0.2, 0) is 13.2 Å². The van der Waals surface area contributed by atoms with E-state index in [1.54, 1.807) is 4.68 Å². The van der Waals surface area contributed by atoms with Crippen LogP contribution in [0.4, 0.5) is 0 Å². The molecule has 0 aliphatic heterocycles. The Morgan fingerprint density at radius 1 is 1.33 bits per heavy atom. The van der Waals surface area contributed by atoms with Gasteiger partial charge in [0, 0.05) is 6.54 Å². The highest BCUT2D eigenvalue weighted by molar-refractivity contribution is 5.26. The fraction of sp³-hybridized carbons (Fsp3) is 0.308. The normalized spacial score (nSPS) is 10.0. The minimum atomic E-state index is 0.305. The molecule has 0 saturated carbocycles. The fourth-order valence-electron chi connectivity index (χ4n) is 1.62. The predicted octanol–water partition coefficient (Wildman–Crippen LogP) is 2.14. The van der Waals surface area contributed by atoms with Gasteiger partial charge < -0.3 is 4.74 Å². The summed E-state index contributed by atoms with van der Waals surface area (Å²) in [7, 11) is 0. The summed E-state index contributed by atoms with van der Waals surface area (Å²) in [4.78, 5) is 0. The number of benzene rings is 1. The van der Waals surface area contributed by atoms with E-state index in [1.165, 1.54) is 0 Å². The molecule has 1 aromatic heterocycles. The third-order valence-corrected chi connectivity index (χ3v) is 2.50. The molecule has 0 radical (unpaired) electrons. The topological polar surface area (TPSA) is 63.7 Å². The number of aromatic nitrogens is 3. The molecule has 5 heteroatoms. The summed E-state index contributed by atoms with van der Waals surface area (Å²) in [5.41, 5.74) is 1.06. The summed E-state index contributed by atoms with van der Waals surface area (Å²) in [5.74, 6) is 0.769. The van der Waals surface area contributed by atoms with E-state index >= 15 is 0 Å². The summed E-state index contributed by atoms with van der Waals surface area (Å²) < 4.78 is 7.35. The van der Waals surface area contributed by atoms with E-state index in [1.807, 2.05) is 36.4 Å². The largest absolute Gasteiger partial charge is 0.487 e. The van der Waals surface area contributed by atoms with Gasteiger partial charge in [0.2, 0.25) is 0 Å². The van der Waals surface area contributed by atoms with E-state index in [-0.39, 0.29) is 0 Å². The highest BCUT2D eigenvalue weighted by Gasteiger charge is 2.12. The molecule has 1 aromatic carbocycles. The van der Waals surface area contributed by atoms with Crippen LogP contribution in [0.2, 0.25) is 0 Å². The van der Waals surface area contributed by atoms with Gasteiger partial charge in [-0.3, -0.25) is 0 Å². The number of aryl methyl sites for hydroxylation is 1. The Hall–Kier alpha value is -2.35. The minimum Gasteiger partial charge on any atom is -0.487 e. The van der Waals surface area contributed by atoms with E-state index in [0.29, 0.717) is 12.3 Å². The first kappa shape index (κ1) is 12.1. The Kier molecular flexibility index (Phi) is 3.92. The summed E-state index contributed by atoms with van der Waals surface area (Å²) in [6, 6.07) is 11.5. The van der Waals surface area contributed by atoms with Crippen molar-refractivity contribution >= 4 is 0 Å². The molecule has 18 heavy (non-hydrogen) atoms. The SMILES string of the molecule is CCCn1nnc(C#N)c1COc1ccccc1. The van der Waals surface area contributed by atoms with Crippen molar-refractivity contribution in [1.29, 1.82) is 5.26 Å². The smallest absolute Gasteiger partial charge is 0.189 e. The Morgan fingerprint density at radius 2 is 2.11 bits per heavy atom.